The van der Waals surface area contributed by atoms with Crippen LogP contribution in [0, 0.1) is 11.3 Å². The van der Waals surface area contributed by atoms with Gasteiger partial charge in [-0.05, 0) is 42.8 Å². The zero-order valence-corrected chi connectivity index (χ0v) is 18.7. The Labute approximate surface area is 199 Å². The van der Waals surface area contributed by atoms with Gasteiger partial charge in [0.2, 0.25) is 0 Å². The van der Waals surface area contributed by atoms with E-state index in [4.69, 9.17) is 16.1 Å². The summed E-state index contributed by atoms with van der Waals surface area (Å²) in [5.41, 5.74) is -1.66. The van der Waals surface area contributed by atoms with Crippen LogP contribution in [0.1, 0.15) is 41.6 Å². The number of nitrogens with zero attached hydrogens (tertiary/aromatic N) is 4. The standard InChI is InChI=1S/C23H15ClF6N4O/c1-2-3-16-9-17-18(5-4-12(10-31)20(17)24)34(16)11-19-32-21(35-33-19)13-6-14(22(25,26)27)8-15(7-13)23(28,29)30/h4-9H,2-3,11H2,1H3. The Hall–Kier alpha value is -3.52. The number of hydrogen-bond donors (Lipinski definition) is 0. The van der Waals surface area contributed by atoms with Gasteiger partial charge in [-0.25, -0.2) is 0 Å². The Morgan fingerprint density at radius 1 is 1.03 bits per heavy atom. The molecule has 0 aliphatic heterocycles. The van der Waals surface area contributed by atoms with E-state index in [2.05, 4.69) is 10.1 Å². The van der Waals surface area contributed by atoms with Gasteiger partial charge in [0.05, 0.1) is 33.8 Å². The van der Waals surface area contributed by atoms with Gasteiger partial charge in [0.1, 0.15) is 6.07 Å². The van der Waals surface area contributed by atoms with Crippen LogP contribution in [0.3, 0.4) is 0 Å². The molecule has 2 heterocycles. The Bertz CT molecular complexity index is 1410. The van der Waals surface area contributed by atoms with Crippen molar-refractivity contribution < 1.29 is 30.9 Å². The van der Waals surface area contributed by atoms with Gasteiger partial charge in [-0.2, -0.15) is 36.6 Å². The van der Waals surface area contributed by atoms with Crippen molar-refractivity contribution in [2.75, 3.05) is 0 Å². The molecule has 0 aliphatic carbocycles. The average Bonchev–Trinajstić information content (AvgIpc) is 3.39. The third-order valence-electron chi connectivity index (χ3n) is 5.33. The molecule has 12 heteroatoms. The quantitative estimate of drug-likeness (QED) is 0.264. The van der Waals surface area contributed by atoms with Crippen LogP contribution in [-0.2, 0) is 25.3 Å². The second kappa shape index (κ2) is 8.92. The number of halogens is 7. The Morgan fingerprint density at radius 3 is 2.26 bits per heavy atom. The van der Waals surface area contributed by atoms with Crippen LogP contribution >= 0.6 is 11.6 Å². The number of rotatable bonds is 5. The number of hydrogen-bond acceptors (Lipinski definition) is 4. The SMILES string of the molecule is CCCc1cc2c(Cl)c(C#N)ccc2n1Cc1noc(-c2cc(C(F)(F)F)cc(C(F)(F)F)c2)n1. The molecule has 35 heavy (non-hydrogen) atoms. The molecule has 2 aromatic carbocycles. The van der Waals surface area contributed by atoms with E-state index in [1.54, 1.807) is 12.1 Å². The maximum atomic E-state index is 13.2. The largest absolute Gasteiger partial charge is 0.416 e. The van der Waals surface area contributed by atoms with E-state index in [0.29, 0.717) is 35.0 Å². The van der Waals surface area contributed by atoms with E-state index in [-0.39, 0.29) is 23.5 Å². The predicted molar refractivity (Wildman–Crippen MR) is 114 cm³/mol. The second-order valence-electron chi connectivity index (χ2n) is 7.75. The molecule has 0 saturated carbocycles. The van der Waals surface area contributed by atoms with Crippen molar-refractivity contribution in [3.8, 4) is 17.5 Å². The van der Waals surface area contributed by atoms with Crippen LogP contribution in [0.25, 0.3) is 22.4 Å². The van der Waals surface area contributed by atoms with Crippen LogP contribution in [0.4, 0.5) is 26.3 Å². The highest BCUT2D eigenvalue weighted by atomic mass is 35.5. The minimum absolute atomic E-state index is 0.0235. The molecule has 0 atom stereocenters. The smallest absolute Gasteiger partial charge is 0.337 e. The Kier molecular flexibility index (Phi) is 6.27. The summed E-state index contributed by atoms with van der Waals surface area (Å²) in [4.78, 5) is 4.05. The highest BCUT2D eigenvalue weighted by Gasteiger charge is 2.37. The van der Waals surface area contributed by atoms with Crippen molar-refractivity contribution in [3.63, 3.8) is 0 Å². The molecule has 4 rings (SSSR count). The van der Waals surface area contributed by atoms with Gasteiger partial charge in [0, 0.05) is 16.6 Å². The van der Waals surface area contributed by atoms with Crippen molar-refractivity contribution in [2.24, 2.45) is 0 Å². The van der Waals surface area contributed by atoms with Crippen molar-refractivity contribution in [1.29, 1.82) is 5.26 Å². The fourth-order valence-electron chi connectivity index (χ4n) is 3.75. The molecular weight excluding hydrogens is 498 g/mol. The molecule has 0 amide bonds. The number of aryl methyl sites for hydroxylation is 1. The predicted octanol–water partition coefficient (Wildman–Crippen LogP) is 7.25. The van der Waals surface area contributed by atoms with E-state index in [1.807, 2.05) is 23.6 Å². The maximum Gasteiger partial charge on any atom is 0.416 e. The number of benzene rings is 2. The number of aromatic nitrogens is 3. The van der Waals surface area contributed by atoms with Crippen LogP contribution in [-0.4, -0.2) is 14.7 Å². The lowest BCUT2D eigenvalue weighted by Crippen LogP contribution is -2.11. The third-order valence-corrected chi connectivity index (χ3v) is 5.74. The number of fused-ring (bicyclic) bond motifs is 1. The molecule has 2 aromatic heterocycles. The van der Waals surface area contributed by atoms with Gasteiger partial charge < -0.3 is 9.09 Å². The van der Waals surface area contributed by atoms with Crippen molar-refractivity contribution >= 4 is 22.5 Å². The van der Waals surface area contributed by atoms with E-state index >= 15 is 0 Å². The third kappa shape index (κ3) is 4.84. The fourth-order valence-corrected chi connectivity index (χ4v) is 4.00. The van der Waals surface area contributed by atoms with E-state index in [1.165, 1.54) is 0 Å². The summed E-state index contributed by atoms with van der Waals surface area (Å²) in [6.07, 6.45) is -8.58. The zero-order valence-electron chi connectivity index (χ0n) is 17.9. The monoisotopic (exact) mass is 512 g/mol. The summed E-state index contributed by atoms with van der Waals surface area (Å²) in [5.74, 6) is -0.434. The first-order chi connectivity index (χ1) is 16.4. The summed E-state index contributed by atoms with van der Waals surface area (Å²) in [5, 5.41) is 13.9. The molecule has 5 nitrogen and oxygen atoms in total. The molecule has 0 fully saturated rings. The summed E-state index contributed by atoms with van der Waals surface area (Å²) in [6, 6.07) is 8.18. The van der Waals surface area contributed by atoms with E-state index < -0.39 is 34.9 Å². The molecular formula is C23H15ClF6N4O. The summed E-state index contributed by atoms with van der Waals surface area (Å²) < 4.78 is 86.0. The zero-order chi connectivity index (χ0) is 25.5. The number of alkyl halides is 6. The van der Waals surface area contributed by atoms with E-state index in [0.717, 1.165) is 12.1 Å². The van der Waals surface area contributed by atoms with Crippen LogP contribution in [0.5, 0.6) is 0 Å². The average molecular weight is 513 g/mol. The van der Waals surface area contributed by atoms with Crippen LogP contribution in [0.2, 0.25) is 5.02 Å². The highest BCUT2D eigenvalue weighted by Crippen LogP contribution is 2.38. The van der Waals surface area contributed by atoms with Crippen molar-refractivity contribution in [3.05, 3.63) is 69.6 Å². The minimum atomic E-state index is -5.00. The first-order valence-corrected chi connectivity index (χ1v) is 10.6. The summed E-state index contributed by atoms with van der Waals surface area (Å²) in [6.45, 7) is 1.98. The first kappa shape index (κ1) is 24.6. The van der Waals surface area contributed by atoms with Gasteiger partial charge >= 0.3 is 12.4 Å². The summed E-state index contributed by atoms with van der Waals surface area (Å²) in [7, 11) is 0. The Balaban J connectivity index is 1.76. The lowest BCUT2D eigenvalue weighted by atomic mass is 10.0. The Morgan fingerprint density at radius 2 is 1.69 bits per heavy atom. The molecule has 4 aromatic rings. The van der Waals surface area contributed by atoms with Gasteiger partial charge in [-0.15, -0.1) is 0 Å². The number of nitriles is 1. The minimum Gasteiger partial charge on any atom is -0.337 e. The molecule has 0 saturated heterocycles. The molecule has 0 spiro atoms. The lowest BCUT2D eigenvalue weighted by Gasteiger charge is -2.12. The molecule has 0 radical (unpaired) electrons. The highest BCUT2D eigenvalue weighted by molar-refractivity contribution is 6.36. The van der Waals surface area contributed by atoms with Crippen LogP contribution < -0.4 is 0 Å². The maximum absolute atomic E-state index is 13.2. The molecule has 0 N–H and O–H groups in total. The first-order valence-electron chi connectivity index (χ1n) is 10.3. The van der Waals surface area contributed by atoms with Gasteiger partial charge in [0.25, 0.3) is 5.89 Å². The molecule has 0 unspecified atom stereocenters. The topological polar surface area (TPSA) is 67.6 Å². The lowest BCUT2D eigenvalue weighted by molar-refractivity contribution is -0.143. The van der Waals surface area contributed by atoms with E-state index in [9.17, 15) is 31.6 Å². The molecule has 182 valence electrons. The second-order valence-corrected chi connectivity index (χ2v) is 8.13. The molecule has 0 aliphatic rings. The van der Waals surface area contributed by atoms with Gasteiger partial charge in [-0.1, -0.05) is 30.1 Å². The van der Waals surface area contributed by atoms with Gasteiger partial charge in [0.15, 0.2) is 5.82 Å². The van der Waals surface area contributed by atoms with Crippen molar-refractivity contribution in [2.45, 2.75) is 38.7 Å². The van der Waals surface area contributed by atoms with Gasteiger partial charge in [-0.3, -0.25) is 0 Å². The molecule has 0 bridgehead atoms. The fraction of sp³-hybridized carbons (Fsp3) is 0.261. The van der Waals surface area contributed by atoms with Crippen molar-refractivity contribution in [1.82, 2.24) is 14.7 Å². The normalized spacial score (nSPS) is 12.3. The summed E-state index contributed by atoms with van der Waals surface area (Å²) >= 11 is 6.35. The van der Waals surface area contributed by atoms with Crippen LogP contribution in [0.15, 0.2) is 40.9 Å².